The van der Waals surface area contributed by atoms with Crippen LogP contribution in [0.1, 0.15) is 22.3 Å². The van der Waals surface area contributed by atoms with Crippen molar-refractivity contribution in [2.75, 3.05) is 18.5 Å². The van der Waals surface area contributed by atoms with Crippen molar-refractivity contribution in [3.8, 4) is 5.75 Å². The maximum absolute atomic E-state index is 12.4. The Labute approximate surface area is 153 Å². The van der Waals surface area contributed by atoms with Gasteiger partial charge in [-0.25, -0.2) is 0 Å². The number of para-hydroxylation sites is 1. The standard InChI is InChI=1S/C21H24N2O3/c1-13-8-14(2)20(15(3)9-13)23-19(24)11-22-21(25)17-10-16-6-4-5-7-18(16)26-12-17/h4-9,17H,10-12H2,1-3H3,(H,22,25)(H,23,24). The fourth-order valence-corrected chi connectivity index (χ4v) is 3.37. The highest BCUT2D eigenvalue weighted by atomic mass is 16.5. The molecule has 0 bridgehead atoms. The van der Waals surface area contributed by atoms with Crippen molar-refractivity contribution in [2.24, 2.45) is 5.92 Å². The van der Waals surface area contributed by atoms with Crippen molar-refractivity contribution in [1.82, 2.24) is 5.32 Å². The SMILES string of the molecule is Cc1cc(C)c(NC(=O)CNC(=O)C2COc3ccccc3C2)c(C)c1. The zero-order valence-electron chi connectivity index (χ0n) is 15.4. The van der Waals surface area contributed by atoms with E-state index < -0.39 is 0 Å². The van der Waals surface area contributed by atoms with Crippen molar-refractivity contribution >= 4 is 17.5 Å². The van der Waals surface area contributed by atoms with Crippen LogP contribution in [0.25, 0.3) is 0 Å². The molecule has 2 aromatic carbocycles. The Morgan fingerprint density at radius 1 is 1.12 bits per heavy atom. The molecular formula is C21H24N2O3. The molecule has 1 heterocycles. The molecule has 5 heteroatoms. The summed E-state index contributed by atoms with van der Waals surface area (Å²) in [6.45, 7) is 6.23. The smallest absolute Gasteiger partial charge is 0.243 e. The first kappa shape index (κ1) is 18.0. The summed E-state index contributed by atoms with van der Waals surface area (Å²) < 4.78 is 5.64. The van der Waals surface area contributed by atoms with Gasteiger partial charge in [-0.15, -0.1) is 0 Å². The highest BCUT2D eigenvalue weighted by Crippen LogP contribution is 2.26. The molecule has 1 aliphatic heterocycles. The molecule has 0 spiro atoms. The molecule has 2 aromatic rings. The van der Waals surface area contributed by atoms with E-state index in [4.69, 9.17) is 4.74 Å². The number of aryl methyl sites for hydroxylation is 3. The van der Waals surface area contributed by atoms with E-state index in [1.807, 2.05) is 57.2 Å². The van der Waals surface area contributed by atoms with Crippen molar-refractivity contribution in [2.45, 2.75) is 27.2 Å². The van der Waals surface area contributed by atoms with Gasteiger partial charge in [0.15, 0.2) is 0 Å². The Morgan fingerprint density at radius 2 is 1.81 bits per heavy atom. The molecule has 0 saturated carbocycles. The lowest BCUT2D eigenvalue weighted by Crippen LogP contribution is -2.41. The lowest BCUT2D eigenvalue weighted by molar-refractivity contribution is -0.128. The summed E-state index contributed by atoms with van der Waals surface area (Å²) in [4.78, 5) is 24.6. The van der Waals surface area contributed by atoms with E-state index in [1.54, 1.807) is 0 Å². The van der Waals surface area contributed by atoms with E-state index in [0.29, 0.717) is 13.0 Å². The van der Waals surface area contributed by atoms with Crippen LogP contribution in [0.3, 0.4) is 0 Å². The van der Waals surface area contributed by atoms with Gasteiger partial charge in [0.25, 0.3) is 0 Å². The van der Waals surface area contributed by atoms with Crippen molar-refractivity contribution < 1.29 is 14.3 Å². The van der Waals surface area contributed by atoms with Crippen molar-refractivity contribution in [3.05, 3.63) is 58.7 Å². The maximum Gasteiger partial charge on any atom is 0.243 e. The van der Waals surface area contributed by atoms with Crippen LogP contribution in [0.4, 0.5) is 5.69 Å². The average Bonchev–Trinajstić information content (AvgIpc) is 2.62. The van der Waals surface area contributed by atoms with Crippen LogP contribution in [0.2, 0.25) is 0 Å². The molecular weight excluding hydrogens is 328 g/mol. The number of rotatable bonds is 4. The Balaban J connectivity index is 1.54. The topological polar surface area (TPSA) is 67.4 Å². The molecule has 0 aliphatic carbocycles. The third-order valence-electron chi connectivity index (χ3n) is 4.61. The minimum absolute atomic E-state index is 0.0518. The molecule has 136 valence electrons. The summed E-state index contributed by atoms with van der Waals surface area (Å²) in [7, 11) is 0. The molecule has 1 unspecified atom stereocenters. The number of nitrogens with one attached hydrogen (secondary N) is 2. The van der Waals surface area contributed by atoms with E-state index >= 15 is 0 Å². The van der Waals surface area contributed by atoms with Gasteiger partial charge in [-0.05, 0) is 49.9 Å². The molecule has 2 N–H and O–H groups in total. The van der Waals surface area contributed by atoms with E-state index in [0.717, 1.165) is 33.7 Å². The monoisotopic (exact) mass is 352 g/mol. The largest absolute Gasteiger partial charge is 0.492 e. The summed E-state index contributed by atoms with van der Waals surface area (Å²) >= 11 is 0. The van der Waals surface area contributed by atoms with E-state index in [9.17, 15) is 9.59 Å². The molecule has 26 heavy (non-hydrogen) atoms. The zero-order chi connectivity index (χ0) is 18.7. The van der Waals surface area contributed by atoms with Gasteiger partial charge < -0.3 is 15.4 Å². The Morgan fingerprint density at radius 3 is 2.54 bits per heavy atom. The fraction of sp³-hybridized carbons (Fsp3) is 0.333. The minimum atomic E-state index is -0.277. The van der Waals surface area contributed by atoms with Crippen LogP contribution >= 0.6 is 0 Å². The van der Waals surface area contributed by atoms with E-state index in [2.05, 4.69) is 10.6 Å². The van der Waals surface area contributed by atoms with Gasteiger partial charge in [0.1, 0.15) is 12.4 Å². The highest BCUT2D eigenvalue weighted by molar-refractivity contribution is 5.96. The minimum Gasteiger partial charge on any atom is -0.492 e. The number of benzene rings is 2. The fourth-order valence-electron chi connectivity index (χ4n) is 3.37. The van der Waals surface area contributed by atoms with Crippen LogP contribution in [0.5, 0.6) is 5.75 Å². The van der Waals surface area contributed by atoms with Gasteiger partial charge in [-0.1, -0.05) is 35.9 Å². The van der Waals surface area contributed by atoms with Crippen LogP contribution < -0.4 is 15.4 Å². The van der Waals surface area contributed by atoms with Gasteiger partial charge in [-0.3, -0.25) is 9.59 Å². The average molecular weight is 352 g/mol. The number of amides is 2. The first-order valence-electron chi connectivity index (χ1n) is 8.80. The molecule has 2 amide bonds. The summed E-state index contributed by atoms with van der Waals surface area (Å²) in [5.41, 5.74) is 5.02. The van der Waals surface area contributed by atoms with Gasteiger partial charge >= 0.3 is 0 Å². The third-order valence-corrected chi connectivity index (χ3v) is 4.61. The molecule has 1 atom stereocenters. The first-order chi connectivity index (χ1) is 12.4. The highest BCUT2D eigenvalue weighted by Gasteiger charge is 2.26. The maximum atomic E-state index is 12.4. The number of hydrogen-bond donors (Lipinski definition) is 2. The predicted molar refractivity (Wildman–Crippen MR) is 101 cm³/mol. The molecule has 0 fully saturated rings. The Kier molecular flexibility index (Phi) is 5.26. The quantitative estimate of drug-likeness (QED) is 0.889. The Bertz CT molecular complexity index is 822. The van der Waals surface area contributed by atoms with Crippen molar-refractivity contribution in [1.29, 1.82) is 0 Å². The van der Waals surface area contributed by atoms with Crippen LogP contribution in [0, 0.1) is 26.7 Å². The number of anilines is 1. The normalized spacial score (nSPS) is 15.6. The van der Waals surface area contributed by atoms with Crippen molar-refractivity contribution in [3.63, 3.8) is 0 Å². The number of carbonyl (C=O) groups is 2. The third kappa shape index (κ3) is 4.04. The van der Waals surface area contributed by atoms with Gasteiger partial charge in [-0.2, -0.15) is 0 Å². The second-order valence-electron chi connectivity index (χ2n) is 6.86. The predicted octanol–water partition coefficient (Wildman–Crippen LogP) is 2.92. The second kappa shape index (κ2) is 7.60. The van der Waals surface area contributed by atoms with Crippen LogP contribution in [0.15, 0.2) is 36.4 Å². The molecule has 5 nitrogen and oxygen atoms in total. The molecule has 0 aromatic heterocycles. The van der Waals surface area contributed by atoms with E-state index in [1.165, 1.54) is 0 Å². The lowest BCUT2D eigenvalue weighted by atomic mass is 9.96. The van der Waals surface area contributed by atoms with Gasteiger partial charge in [0.05, 0.1) is 12.5 Å². The number of hydrogen-bond acceptors (Lipinski definition) is 3. The number of ether oxygens (including phenoxy) is 1. The summed E-state index contributed by atoms with van der Waals surface area (Å²) in [6.07, 6.45) is 0.625. The summed E-state index contributed by atoms with van der Waals surface area (Å²) in [5, 5.41) is 5.62. The number of carbonyl (C=O) groups excluding carboxylic acids is 2. The molecule has 1 aliphatic rings. The second-order valence-corrected chi connectivity index (χ2v) is 6.86. The Hall–Kier alpha value is -2.82. The van der Waals surface area contributed by atoms with Crippen LogP contribution in [-0.4, -0.2) is 25.0 Å². The van der Waals surface area contributed by atoms with Crippen LogP contribution in [-0.2, 0) is 16.0 Å². The number of fused-ring (bicyclic) bond motifs is 1. The van der Waals surface area contributed by atoms with Gasteiger partial charge in [0.2, 0.25) is 11.8 Å². The molecule has 3 rings (SSSR count). The lowest BCUT2D eigenvalue weighted by Gasteiger charge is -2.24. The zero-order valence-corrected chi connectivity index (χ0v) is 15.4. The van der Waals surface area contributed by atoms with Gasteiger partial charge in [0, 0.05) is 5.69 Å². The molecule has 0 radical (unpaired) electrons. The summed E-state index contributed by atoms with van der Waals surface area (Å²) in [6, 6.07) is 11.8. The first-order valence-corrected chi connectivity index (χ1v) is 8.80. The summed E-state index contributed by atoms with van der Waals surface area (Å²) in [5.74, 6) is 0.165. The molecule has 0 saturated heterocycles. The van der Waals surface area contributed by atoms with E-state index in [-0.39, 0.29) is 24.3 Å².